The molecule has 0 aliphatic carbocycles. The zero-order valence-corrected chi connectivity index (χ0v) is 36.9. The average Bonchev–Trinajstić information content (AvgIpc) is 4.14. The first kappa shape index (κ1) is 43.0. The molecule has 0 aliphatic rings. The fourth-order valence-electron chi connectivity index (χ4n) is 6.14. The highest BCUT2D eigenvalue weighted by atomic mass is 32.2. The van der Waals surface area contributed by atoms with Gasteiger partial charge in [0, 0.05) is 23.5 Å². The SMILES string of the molecule is CCc1cn(CP(c2ccccc2)c2ccccc2)nn1.CCc1cn(CSc2ccccc2)nn1.c1ccc(P(Cn2cc(-c3ccccn3)nn2)c2ccccc2)cc1. The minimum Gasteiger partial charge on any atom is -0.254 e. The van der Waals surface area contributed by atoms with E-state index in [9.17, 15) is 0 Å². The molecule has 0 atom stereocenters. The van der Waals surface area contributed by atoms with Gasteiger partial charge in [-0.1, -0.05) is 175 Å². The Balaban J connectivity index is 0.000000142. The van der Waals surface area contributed by atoms with Gasteiger partial charge in [-0.15, -0.1) is 27.1 Å². The zero-order chi connectivity index (χ0) is 41.9. The number of nitrogens with zero attached hydrogens (tertiary/aromatic N) is 10. The Morgan fingerprint density at radius 2 is 0.836 bits per heavy atom. The molecule has 0 saturated heterocycles. The van der Waals surface area contributed by atoms with Crippen LogP contribution in [-0.4, -0.2) is 50.0 Å². The molecule has 0 bridgehead atoms. The average molecular weight is 859 g/mol. The van der Waals surface area contributed by atoms with Crippen molar-refractivity contribution in [3.8, 4) is 11.4 Å². The lowest BCUT2D eigenvalue weighted by atomic mass is 10.3. The Hall–Kier alpha value is -6.12. The highest BCUT2D eigenvalue weighted by Gasteiger charge is 2.17. The first-order valence-electron chi connectivity index (χ1n) is 20.2. The Kier molecular flexibility index (Phi) is 16.2. The van der Waals surface area contributed by atoms with Crippen LogP contribution in [0.3, 0.4) is 0 Å². The van der Waals surface area contributed by atoms with Crippen molar-refractivity contribution in [3.05, 3.63) is 206 Å². The molecule has 0 amide bonds. The second-order valence-electron chi connectivity index (χ2n) is 13.6. The van der Waals surface area contributed by atoms with E-state index in [0.29, 0.717) is 0 Å². The first-order valence-corrected chi connectivity index (χ1v) is 24.2. The number of aryl methyl sites for hydroxylation is 2. The van der Waals surface area contributed by atoms with E-state index in [1.54, 1.807) is 18.0 Å². The molecule has 10 nitrogen and oxygen atoms in total. The van der Waals surface area contributed by atoms with Gasteiger partial charge in [-0.2, -0.15) is 0 Å². The second kappa shape index (κ2) is 23.0. The first-order chi connectivity index (χ1) is 30.1. The molecule has 306 valence electrons. The molecule has 4 heterocycles. The van der Waals surface area contributed by atoms with Gasteiger partial charge >= 0.3 is 0 Å². The van der Waals surface area contributed by atoms with E-state index in [1.807, 2.05) is 62.8 Å². The van der Waals surface area contributed by atoms with Gasteiger partial charge in [-0.3, -0.25) is 4.98 Å². The Morgan fingerprint density at radius 1 is 0.426 bits per heavy atom. The maximum Gasteiger partial charge on any atom is 0.131 e. The lowest BCUT2D eigenvalue weighted by Crippen LogP contribution is -2.15. The summed E-state index contributed by atoms with van der Waals surface area (Å²) in [5.41, 5.74) is 3.74. The summed E-state index contributed by atoms with van der Waals surface area (Å²) in [4.78, 5) is 5.60. The van der Waals surface area contributed by atoms with Crippen LogP contribution in [0.1, 0.15) is 25.2 Å². The largest absolute Gasteiger partial charge is 0.254 e. The molecule has 9 aromatic rings. The molecule has 0 N–H and O–H groups in total. The smallest absolute Gasteiger partial charge is 0.131 e. The van der Waals surface area contributed by atoms with Crippen LogP contribution in [0, 0.1) is 0 Å². The molecule has 0 fully saturated rings. The van der Waals surface area contributed by atoms with Crippen molar-refractivity contribution < 1.29 is 0 Å². The molecule has 5 aromatic carbocycles. The molecule has 13 heteroatoms. The van der Waals surface area contributed by atoms with Crippen LogP contribution >= 0.6 is 27.6 Å². The van der Waals surface area contributed by atoms with Crippen LogP contribution < -0.4 is 21.2 Å². The van der Waals surface area contributed by atoms with Crippen LogP contribution in [0.4, 0.5) is 0 Å². The van der Waals surface area contributed by atoms with Crippen LogP contribution in [0.25, 0.3) is 11.4 Å². The molecule has 0 saturated carbocycles. The van der Waals surface area contributed by atoms with Gasteiger partial charge in [-0.25, -0.2) is 14.0 Å². The van der Waals surface area contributed by atoms with E-state index < -0.39 is 15.8 Å². The molecule has 9 rings (SSSR count). The third-order valence-corrected chi connectivity index (χ3v) is 15.1. The number of thioether (sulfide) groups is 1. The normalized spacial score (nSPS) is 10.8. The third-order valence-electron chi connectivity index (χ3n) is 9.31. The topological polar surface area (TPSA) is 105 Å². The summed E-state index contributed by atoms with van der Waals surface area (Å²) in [6, 6.07) is 58.7. The number of rotatable bonds is 14. The molecule has 61 heavy (non-hydrogen) atoms. The Morgan fingerprint density at radius 3 is 1.28 bits per heavy atom. The van der Waals surface area contributed by atoms with Gasteiger partial charge < -0.3 is 0 Å². The van der Waals surface area contributed by atoms with E-state index in [4.69, 9.17) is 0 Å². The molecule has 4 aromatic heterocycles. The third kappa shape index (κ3) is 12.9. The fourth-order valence-corrected chi connectivity index (χ4v) is 11.1. The van der Waals surface area contributed by atoms with E-state index >= 15 is 0 Å². The summed E-state index contributed by atoms with van der Waals surface area (Å²) in [7, 11) is -1.00. The van der Waals surface area contributed by atoms with Crippen molar-refractivity contribution in [2.24, 2.45) is 0 Å². The molecule has 0 spiro atoms. The highest BCUT2D eigenvalue weighted by molar-refractivity contribution is 7.98. The Bertz CT molecular complexity index is 2500. The minimum atomic E-state index is -0.543. The van der Waals surface area contributed by atoms with E-state index in [1.165, 1.54) is 26.1 Å². The highest BCUT2D eigenvalue weighted by Crippen LogP contribution is 2.36. The number of aromatic nitrogens is 10. The molecule has 0 unspecified atom stereocenters. The van der Waals surface area contributed by atoms with Crippen molar-refractivity contribution in [2.75, 3.05) is 0 Å². The van der Waals surface area contributed by atoms with Gasteiger partial charge in [0.1, 0.15) is 5.69 Å². The minimum absolute atomic E-state index is 0.458. The quantitative estimate of drug-likeness (QED) is 0.0789. The van der Waals surface area contributed by atoms with Crippen LogP contribution in [0.5, 0.6) is 0 Å². The van der Waals surface area contributed by atoms with Crippen LogP contribution in [0.15, 0.2) is 200 Å². The van der Waals surface area contributed by atoms with Crippen molar-refractivity contribution in [1.82, 2.24) is 50.0 Å². The summed E-state index contributed by atoms with van der Waals surface area (Å²) in [5, 5.41) is 30.6. The van der Waals surface area contributed by atoms with Gasteiger partial charge in [0.2, 0.25) is 0 Å². The molecular formula is C48H48N10P2S. The predicted molar refractivity (Wildman–Crippen MR) is 252 cm³/mol. The molecular weight excluding hydrogens is 811 g/mol. The summed E-state index contributed by atoms with van der Waals surface area (Å²) in [6.45, 7) is 4.18. The number of pyridine rings is 1. The zero-order valence-electron chi connectivity index (χ0n) is 34.3. The van der Waals surface area contributed by atoms with Crippen molar-refractivity contribution in [1.29, 1.82) is 0 Å². The molecule has 0 radical (unpaired) electrons. The van der Waals surface area contributed by atoms with E-state index in [2.05, 4.69) is 189 Å². The van der Waals surface area contributed by atoms with Crippen molar-refractivity contribution in [3.63, 3.8) is 0 Å². The summed E-state index contributed by atoms with van der Waals surface area (Å²) >= 11 is 1.76. The maximum atomic E-state index is 4.35. The standard InChI is InChI=1S/C20H17N4P.C17H18N3P.C11H13N3S/c1-3-9-17(10-4-1)25(18-11-5-2-6-12-18)16-24-15-20(22-23-24)19-13-7-8-14-21-19;1-2-15-13-20(19-18-15)14-21(16-9-5-3-6-10-16)17-11-7-4-8-12-17;1-2-10-8-14(13-12-10)9-15-11-6-4-3-5-7-11/h1-15H,16H2;3-13H,2,14H2,1H3;3-8H,2,9H2,1H3. The van der Waals surface area contributed by atoms with Gasteiger partial charge in [0.05, 0.1) is 41.7 Å². The van der Waals surface area contributed by atoms with Gasteiger partial charge in [0.25, 0.3) is 0 Å². The second-order valence-corrected chi connectivity index (χ2v) is 19.0. The van der Waals surface area contributed by atoms with Crippen molar-refractivity contribution in [2.45, 2.75) is 50.0 Å². The fraction of sp³-hybridized carbons (Fsp3) is 0.146. The lowest BCUT2D eigenvalue weighted by molar-refractivity contribution is 0.697. The molecule has 0 aliphatic heterocycles. The van der Waals surface area contributed by atoms with Crippen molar-refractivity contribution >= 4 is 48.8 Å². The summed E-state index contributed by atoms with van der Waals surface area (Å²) in [6.07, 6.45) is 11.3. The Labute approximate surface area is 364 Å². The predicted octanol–water partition coefficient (Wildman–Crippen LogP) is 8.95. The van der Waals surface area contributed by atoms with Crippen LogP contribution in [0.2, 0.25) is 0 Å². The number of hydrogen-bond acceptors (Lipinski definition) is 8. The summed E-state index contributed by atoms with van der Waals surface area (Å²) < 4.78 is 5.77. The van der Waals surface area contributed by atoms with E-state index in [-0.39, 0.29) is 0 Å². The number of hydrogen-bond donors (Lipinski definition) is 0. The summed E-state index contributed by atoms with van der Waals surface area (Å²) in [5.74, 6) is 0.816. The lowest BCUT2D eigenvalue weighted by Gasteiger charge is -2.18. The van der Waals surface area contributed by atoms with Gasteiger partial charge in [0.15, 0.2) is 0 Å². The number of benzene rings is 5. The van der Waals surface area contributed by atoms with E-state index in [0.717, 1.165) is 54.1 Å². The monoisotopic (exact) mass is 858 g/mol. The van der Waals surface area contributed by atoms with Gasteiger partial charge in [-0.05, 0) is 74.2 Å². The maximum absolute atomic E-state index is 4.35. The van der Waals surface area contributed by atoms with Crippen LogP contribution in [-0.2, 0) is 31.3 Å².